The fourth-order valence-electron chi connectivity index (χ4n) is 1.42. The molecule has 0 aromatic heterocycles. The van der Waals surface area contributed by atoms with Crippen LogP contribution in [0.1, 0.15) is 33.6 Å². The minimum atomic E-state index is 1.14. The van der Waals surface area contributed by atoms with Crippen molar-refractivity contribution in [3.63, 3.8) is 0 Å². The molecule has 0 aromatic carbocycles. The molecule has 0 heteroatoms. The topological polar surface area (TPSA) is 0 Å². The summed E-state index contributed by atoms with van der Waals surface area (Å²) in [6.07, 6.45) is 16.9. The van der Waals surface area contributed by atoms with Crippen LogP contribution < -0.4 is 0 Å². The summed E-state index contributed by atoms with van der Waals surface area (Å²) < 4.78 is 0. The Morgan fingerprint density at radius 3 is 2.60 bits per heavy atom. The molecule has 0 saturated carbocycles. The predicted molar refractivity (Wildman–Crippen MR) is 70.9 cm³/mol. The van der Waals surface area contributed by atoms with Crippen LogP contribution in [-0.2, 0) is 0 Å². The summed E-state index contributed by atoms with van der Waals surface area (Å²) in [5.41, 5.74) is 2.68. The number of hydrogen-bond donors (Lipinski definition) is 0. The molecule has 1 rings (SSSR count). The van der Waals surface area contributed by atoms with E-state index in [1.54, 1.807) is 0 Å². The van der Waals surface area contributed by atoms with Crippen molar-refractivity contribution in [2.75, 3.05) is 0 Å². The van der Waals surface area contributed by atoms with Crippen LogP contribution >= 0.6 is 0 Å². The molecule has 0 nitrogen and oxygen atoms in total. The summed E-state index contributed by atoms with van der Waals surface area (Å²) in [5, 5.41) is 0. The molecule has 0 amide bonds. The molecule has 1 aliphatic rings. The third-order valence-electron chi connectivity index (χ3n) is 2.03. The SMILES string of the molecule is C=C/C=C(\C=C/C)C1=CC=CCC1.CC. The molecule has 0 aliphatic heterocycles. The van der Waals surface area contributed by atoms with Gasteiger partial charge in [0.1, 0.15) is 0 Å². The van der Waals surface area contributed by atoms with Gasteiger partial charge in [0.15, 0.2) is 0 Å². The van der Waals surface area contributed by atoms with E-state index in [9.17, 15) is 0 Å². The Morgan fingerprint density at radius 2 is 2.13 bits per heavy atom. The average molecular weight is 202 g/mol. The van der Waals surface area contributed by atoms with Crippen molar-refractivity contribution in [2.45, 2.75) is 33.6 Å². The van der Waals surface area contributed by atoms with Gasteiger partial charge in [-0.2, -0.15) is 0 Å². The Labute approximate surface area is 94.4 Å². The summed E-state index contributed by atoms with van der Waals surface area (Å²) >= 11 is 0. The van der Waals surface area contributed by atoms with Crippen molar-refractivity contribution >= 4 is 0 Å². The van der Waals surface area contributed by atoms with E-state index in [2.05, 4.69) is 43.0 Å². The van der Waals surface area contributed by atoms with E-state index in [1.807, 2.05) is 26.8 Å². The first-order valence-corrected chi connectivity index (χ1v) is 5.70. The summed E-state index contributed by atoms with van der Waals surface area (Å²) in [7, 11) is 0. The van der Waals surface area contributed by atoms with E-state index < -0.39 is 0 Å². The molecule has 0 atom stereocenters. The van der Waals surface area contributed by atoms with E-state index in [0.29, 0.717) is 0 Å². The summed E-state index contributed by atoms with van der Waals surface area (Å²) in [6, 6.07) is 0. The van der Waals surface area contributed by atoms with E-state index >= 15 is 0 Å². The van der Waals surface area contributed by atoms with Crippen LogP contribution in [0, 0.1) is 0 Å². The van der Waals surface area contributed by atoms with Crippen molar-refractivity contribution in [3.8, 4) is 0 Å². The van der Waals surface area contributed by atoms with Gasteiger partial charge in [0.2, 0.25) is 0 Å². The lowest BCUT2D eigenvalue weighted by Gasteiger charge is -2.09. The second kappa shape index (κ2) is 9.26. The zero-order valence-electron chi connectivity index (χ0n) is 10.2. The average Bonchev–Trinajstić information content (AvgIpc) is 2.33. The molecule has 0 unspecified atom stereocenters. The maximum Gasteiger partial charge on any atom is -0.0228 e. The summed E-state index contributed by atoms with van der Waals surface area (Å²) in [6.45, 7) is 9.76. The zero-order valence-corrected chi connectivity index (χ0v) is 10.2. The lowest BCUT2D eigenvalue weighted by atomic mass is 9.96. The van der Waals surface area contributed by atoms with Gasteiger partial charge in [-0.15, -0.1) is 0 Å². The van der Waals surface area contributed by atoms with Gasteiger partial charge in [0, 0.05) is 0 Å². The molecular weight excluding hydrogens is 180 g/mol. The third-order valence-corrected chi connectivity index (χ3v) is 2.03. The van der Waals surface area contributed by atoms with Crippen molar-refractivity contribution in [2.24, 2.45) is 0 Å². The quantitative estimate of drug-likeness (QED) is 0.566. The van der Waals surface area contributed by atoms with Gasteiger partial charge in [0.25, 0.3) is 0 Å². The fourth-order valence-corrected chi connectivity index (χ4v) is 1.42. The van der Waals surface area contributed by atoms with Gasteiger partial charge in [-0.3, -0.25) is 0 Å². The molecule has 15 heavy (non-hydrogen) atoms. The molecule has 0 heterocycles. The highest BCUT2D eigenvalue weighted by molar-refractivity contribution is 5.44. The van der Waals surface area contributed by atoms with E-state index in [0.717, 1.165) is 12.8 Å². The maximum atomic E-state index is 3.72. The summed E-state index contributed by atoms with van der Waals surface area (Å²) in [4.78, 5) is 0. The van der Waals surface area contributed by atoms with Gasteiger partial charge >= 0.3 is 0 Å². The molecule has 0 aromatic rings. The molecule has 0 spiro atoms. The third kappa shape index (κ3) is 5.21. The molecule has 0 radical (unpaired) electrons. The Hall–Kier alpha value is -1.30. The van der Waals surface area contributed by atoms with Crippen molar-refractivity contribution < 1.29 is 0 Å². The first-order valence-electron chi connectivity index (χ1n) is 5.70. The van der Waals surface area contributed by atoms with Crippen LogP contribution in [0.2, 0.25) is 0 Å². The Bertz CT molecular complexity index is 285. The zero-order chi connectivity index (χ0) is 11.5. The monoisotopic (exact) mass is 202 g/mol. The van der Waals surface area contributed by atoms with Gasteiger partial charge in [0.05, 0.1) is 0 Å². The maximum absolute atomic E-state index is 3.72. The highest BCUT2D eigenvalue weighted by atomic mass is 14.1. The van der Waals surface area contributed by atoms with Gasteiger partial charge < -0.3 is 0 Å². The van der Waals surface area contributed by atoms with Gasteiger partial charge in [-0.05, 0) is 30.9 Å². The molecule has 82 valence electrons. The standard InChI is InChI=1S/C13H16.C2H6/c1-3-8-12(9-4-2)13-10-6-5-7-11-13;1-2/h3-6,8-10H,1,7,11H2,2H3;1-2H3/b9-4-,12-8+;. The van der Waals surface area contributed by atoms with Crippen LogP contribution in [0.5, 0.6) is 0 Å². The van der Waals surface area contributed by atoms with Crippen LogP contribution in [-0.4, -0.2) is 0 Å². The number of hydrogen-bond acceptors (Lipinski definition) is 0. The van der Waals surface area contributed by atoms with E-state index in [1.165, 1.54) is 11.1 Å². The minimum absolute atomic E-state index is 1.14. The largest absolute Gasteiger partial charge is 0.0990 e. The first kappa shape index (κ1) is 13.7. The van der Waals surface area contributed by atoms with Gasteiger partial charge in [-0.1, -0.05) is 63.0 Å². The van der Waals surface area contributed by atoms with Crippen LogP contribution in [0.15, 0.2) is 60.3 Å². The first-order chi connectivity index (χ1) is 7.38. The molecular formula is C15H22. The van der Waals surface area contributed by atoms with Crippen molar-refractivity contribution in [1.82, 2.24) is 0 Å². The Balaban J connectivity index is 0.000000921. The highest BCUT2D eigenvalue weighted by Crippen LogP contribution is 2.21. The van der Waals surface area contributed by atoms with Crippen molar-refractivity contribution in [1.29, 1.82) is 0 Å². The van der Waals surface area contributed by atoms with Gasteiger partial charge in [-0.25, -0.2) is 0 Å². The highest BCUT2D eigenvalue weighted by Gasteiger charge is 2.01. The lowest BCUT2D eigenvalue weighted by Crippen LogP contribution is -1.89. The molecule has 1 aliphatic carbocycles. The second-order valence-electron chi connectivity index (χ2n) is 3.02. The molecule has 0 N–H and O–H groups in total. The normalized spacial score (nSPS) is 15.7. The smallest absolute Gasteiger partial charge is 0.0228 e. The number of rotatable bonds is 3. The Morgan fingerprint density at radius 1 is 1.40 bits per heavy atom. The van der Waals surface area contributed by atoms with Crippen LogP contribution in [0.3, 0.4) is 0 Å². The minimum Gasteiger partial charge on any atom is -0.0990 e. The van der Waals surface area contributed by atoms with E-state index in [-0.39, 0.29) is 0 Å². The molecule has 0 fully saturated rings. The van der Waals surface area contributed by atoms with E-state index in [4.69, 9.17) is 0 Å². The van der Waals surface area contributed by atoms with Crippen LogP contribution in [0.4, 0.5) is 0 Å². The second-order valence-corrected chi connectivity index (χ2v) is 3.02. The van der Waals surface area contributed by atoms with Crippen LogP contribution in [0.25, 0.3) is 0 Å². The predicted octanol–water partition coefficient (Wildman–Crippen LogP) is 4.98. The number of allylic oxidation sites excluding steroid dienone is 9. The lowest BCUT2D eigenvalue weighted by molar-refractivity contribution is 0.978. The Kier molecular flexibility index (Phi) is 8.46. The molecule has 0 saturated heterocycles. The molecule has 0 bridgehead atoms. The summed E-state index contributed by atoms with van der Waals surface area (Å²) in [5.74, 6) is 0. The fraction of sp³-hybridized carbons (Fsp3) is 0.333. The van der Waals surface area contributed by atoms with Crippen molar-refractivity contribution in [3.05, 3.63) is 60.3 Å².